The highest BCUT2D eigenvalue weighted by Gasteiger charge is 2.11. The summed E-state index contributed by atoms with van der Waals surface area (Å²) < 4.78 is 13.2. The van der Waals surface area contributed by atoms with Gasteiger partial charge in [0.2, 0.25) is 0 Å². The first kappa shape index (κ1) is 14.2. The molecule has 2 rings (SSSR count). The maximum absolute atomic E-state index is 13.2. The maximum atomic E-state index is 13.2. The van der Waals surface area contributed by atoms with Gasteiger partial charge in [0.25, 0.3) is 0 Å². The van der Waals surface area contributed by atoms with Crippen LogP contribution in [0.25, 0.3) is 0 Å². The van der Waals surface area contributed by atoms with Gasteiger partial charge < -0.3 is 5.32 Å². The molecular weight excluding hydrogens is 257 g/mol. The largest absolute Gasteiger partial charge is 0.317 e. The van der Waals surface area contributed by atoms with Crippen molar-refractivity contribution in [2.45, 2.75) is 19.8 Å². The van der Waals surface area contributed by atoms with Gasteiger partial charge in [-0.3, -0.25) is 0 Å². The Morgan fingerprint density at radius 2 is 2.11 bits per heavy atom. The molecule has 1 N–H and O–H groups in total. The SMILES string of the molecule is CCNCC(Cc1cccc(F)c1)Cc1cccs1. The minimum absolute atomic E-state index is 0.143. The fraction of sp³-hybridized carbons (Fsp3) is 0.375. The smallest absolute Gasteiger partial charge is 0.123 e. The normalized spacial score (nSPS) is 12.5. The van der Waals surface area contributed by atoms with Crippen LogP contribution < -0.4 is 5.32 Å². The van der Waals surface area contributed by atoms with Gasteiger partial charge in [-0.2, -0.15) is 0 Å². The van der Waals surface area contributed by atoms with Crippen LogP contribution >= 0.6 is 11.3 Å². The van der Waals surface area contributed by atoms with Crippen LogP contribution in [0.2, 0.25) is 0 Å². The van der Waals surface area contributed by atoms with Crippen LogP contribution in [0.5, 0.6) is 0 Å². The van der Waals surface area contributed by atoms with Crippen LogP contribution in [0, 0.1) is 11.7 Å². The molecular formula is C16H20FNS. The van der Waals surface area contributed by atoms with Crippen LogP contribution in [-0.4, -0.2) is 13.1 Å². The number of rotatable bonds is 7. The molecule has 0 aliphatic carbocycles. The fourth-order valence-electron chi connectivity index (χ4n) is 2.28. The van der Waals surface area contributed by atoms with E-state index in [0.29, 0.717) is 5.92 Å². The highest BCUT2D eigenvalue weighted by molar-refractivity contribution is 7.09. The van der Waals surface area contributed by atoms with Crippen molar-refractivity contribution < 1.29 is 4.39 Å². The molecule has 1 aromatic heterocycles. The molecule has 0 saturated heterocycles. The van der Waals surface area contributed by atoms with E-state index in [2.05, 4.69) is 29.8 Å². The third-order valence-corrected chi connectivity index (χ3v) is 4.07. The van der Waals surface area contributed by atoms with Crippen molar-refractivity contribution >= 4 is 11.3 Å². The van der Waals surface area contributed by atoms with E-state index in [1.54, 1.807) is 23.5 Å². The van der Waals surface area contributed by atoms with Gasteiger partial charge in [-0.1, -0.05) is 25.1 Å². The summed E-state index contributed by atoms with van der Waals surface area (Å²) in [5, 5.41) is 5.52. The van der Waals surface area contributed by atoms with Crippen LogP contribution in [0.4, 0.5) is 4.39 Å². The Balaban J connectivity index is 2.00. The molecule has 19 heavy (non-hydrogen) atoms. The third-order valence-electron chi connectivity index (χ3n) is 3.17. The summed E-state index contributed by atoms with van der Waals surface area (Å²) >= 11 is 1.80. The topological polar surface area (TPSA) is 12.0 Å². The molecule has 1 aromatic carbocycles. The second-order valence-corrected chi connectivity index (χ2v) is 5.82. The van der Waals surface area contributed by atoms with Gasteiger partial charge in [-0.05, 0) is 61.0 Å². The molecule has 0 bridgehead atoms. The summed E-state index contributed by atoms with van der Waals surface area (Å²) in [6.07, 6.45) is 1.98. The molecule has 1 unspecified atom stereocenters. The second-order valence-electron chi connectivity index (χ2n) is 4.79. The molecule has 102 valence electrons. The lowest BCUT2D eigenvalue weighted by molar-refractivity contribution is 0.480. The molecule has 1 atom stereocenters. The molecule has 1 nitrogen and oxygen atoms in total. The lowest BCUT2D eigenvalue weighted by atomic mass is 9.95. The number of halogens is 1. The van der Waals surface area contributed by atoms with E-state index in [4.69, 9.17) is 0 Å². The molecule has 3 heteroatoms. The van der Waals surface area contributed by atoms with E-state index >= 15 is 0 Å². The van der Waals surface area contributed by atoms with Crippen molar-refractivity contribution in [1.29, 1.82) is 0 Å². The fourth-order valence-corrected chi connectivity index (χ4v) is 3.10. The molecule has 1 heterocycles. The number of nitrogens with one attached hydrogen (secondary N) is 1. The summed E-state index contributed by atoms with van der Waals surface area (Å²) in [6.45, 7) is 4.07. The summed E-state index contributed by atoms with van der Waals surface area (Å²) in [4.78, 5) is 1.40. The van der Waals surface area contributed by atoms with Gasteiger partial charge in [-0.25, -0.2) is 4.39 Å². The van der Waals surface area contributed by atoms with Crippen molar-refractivity contribution in [2.75, 3.05) is 13.1 Å². The monoisotopic (exact) mass is 277 g/mol. The van der Waals surface area contributed by atoms with Crippen molar-refractivity contribution in [3.63, 3.8) is 0 Å². The Morgan fingerprint density at radius 1 is 1.21 bits per heavy atom. The first-order chi connectivity index (χ1) is 9.28. The number of thiophene rings is 1. The maximum Gasteiger partial charge on any atom is 0.123 e. The van der Waals surface area contributed by atoms with Crippen molar-refractivity contribution in [1.82, 2.24) is 5.32 Å². The third kappa shape index (κ3) is 4.77. The second kappa shape index (κ2) is 7.41. The number of hydrogen-bond donors (Lipinski definition) is 1. The zero-order valence-corrected chi connectivity index (χ0v) is 12.0. The lowest BCUT2D eigenvalue weighted by Crippen LogP contribution is -2.25. The van der Waals surface area contributed by atoms with Gasteiger partial charge in [0, 0.05) is 4.88 Å². The number of hydrogen-bond acceptors (Lipinski definition) is 2. The lowest BCUT2D eigenvalue weighted by Gasteiger charge is -2.16. The Hall–Kier alpha value is -1.19. The quantitative estimate of drug-likeness (QED) is 0.809. The minimum Gasteiger partial charge on any atom is -0.317 e. The van der Waals surface area contributed by atoms with Gasteiger partial charge in [-0.15, -0.1) is 11.3 Å². The predicted molar refractivity (Wildman–Crippen MR) is 80.2 cm³/mol. The van der Waals surface area contributed by atoms with Gasteiger partial charge in [0.1, 0.15) is 5.82 Å². The van der Waals surface area contributed by atoms with E-state index in [0.717, 1.165) is 31.5 Å². The van der Waals surface area contributed by atoms with E-state index < -0.39 is 0 Å². The van der Waals surface area contributed by atoms with Crippen LogP contribution in [-0.2, 0) is 12.8 Å². The van der Waals surface area contributed by atoms with Crippen molar-refractivity contribution in [2.24, 2.45) is 5.92 Å². The molecule has 0 fully saturated rings. The van der Waals surface area contributed by atoms with Gasteiger partial charge in [0.05, 0.1) is 0 Å². The molecule has 0 aliphatic rings. The van der Waals surface area contributed by atoms with E-state index in [1.807, 2.05) is 6.07 Å². The highest BCUT2D eigenvalue weighted by atomic mass is 32.1. The highest BCUT2D eigenvalue weighted by Crippen LogP contribution is 2.18. The minimum atomic E-state index is -0.143. The zero-order valence-electron chi connectivity index (χ0n) is 11.2. The Morgan fingerprint density at radius 3 is 2.79 bits per heavy atom. The van der Waals surface area contributed by atoms with Crippen molar-refractivity contribution in [3.8, 4) is 0 Å². The summed E-state index contributed by atoms with van der Waals surface area (Å²) in [5.41, 5.74) is 1.08. The average Bonchev–Trinajstić information content (AvgIpc) is 2.89. The summed E-state index contributed by atoms with van der Waals surface area (Å²) in [5.74, 6) is 0.372. The molecule has 0 aliphatic heterocycles. The van der Waals surface area contributed by atoms with E-state index in [1.165, 1.54) is 10.9 Å². The molecule has 0 amide bonds. The first-order valence-corrected chi connectivity index (χ1v) is 7.63. The molecule has 0 saturated carbocycles. The Bertz CT molecular complexity index is 481. The van der Waals surface area contributed by atoms with Crippen LogP contribution in [0.1, 0.15) is 17.4 Å². The van der Waals surface area contributed by atoms with Crippen molar-refractivity contribution in [3.05, 3.63) is 58.0 Å². The Labute approximate surface area is 118 Å². The molecule has 0 radical (unpaired) electrons. The van der Waals surface area contributed by atoms with Gasteiger partial charge in [0.15, 0.2) is 0 Å². The standard InChI is InChI=1S/C16H20FNS/c1-2-18-12-14(11-16-7-4-8-19-16)9-13-5-3-6-15(17)10-13/h3-8,10,14,18H,2,9,11-12H2,1H3. The van der Waals surface area contributed by atoms with Crippen LogP contribution in [0.15, 0.2) is 41.8 Å². The summed E-state index contributed by atoms with van der Waals surface area (Å²) in [6, 6.07) is 11.2. The summed E-state index contributed by atoms with van der Waals surface area (Å²) in [7, 11) is 0. The van der Waals surface area contributed by atoms with Gasteiger partial charge >= 0.3 is 0 Å². The van der Waals surface area contributed by atoms with E-state index in [-0.39, 0.29) is 5.82 Å². The van der Waals surface area contributed by atoms with E-state index in [9.17, 15) is 4.39 Å². The molecule has 2 aromatic rings. The first-order valence-electron chi connectivity index (χ1n) is 6.75. The Kier molecular flexibility index (Phi) is 5.55. The zero-order chi connectivity index (χ0) is 13.5. The average molecular weight is 277 g/mol. The molecule has 0 spiro atoms. The number of benzene rings is 1. The van der Waals surface area contributed by atoms with Crippen LogP contribution in [0.3, 0.4) is 0 Å². The predicted octanol–water partition coefficient (Wildman–Crippen LogP) is 3.90.